The molecule has 1 aliphatic heterocycles. The standard InChI is InChI=1S/C15H22N2O2/c1-11-9-17(10-15(2,3)19-11)13(14(16)18)12-7-5-4-6-8-12/h4-8,11,13H,9-10H2,1-3H3,(H2,16,18)/t11-,13-/m0/s1. The first-order valence-corrected chi connectivity index (χ1v) is 6.65. The molecule has 1 aromatic rings. The van der Waals surface area contributed by atoms with Gasteiger partial charge >= 0.3 is 0 Å². The summed E-state index contributed by atoms with van der Waals surface area (Å²) in [5, 5.41) is 0. The molecule has 2 rings (SSSR count). The third kappa shape index (κ3) is 3.33. The maximum atomic E-state index is 11.9. The van der Waals surface area contributed by atoms with E-state index in [-0.39, 0.29) is 23.7 Å². The van der Waals surface area contributed by atoms with Crippen LogP contribution in [-0.4, -0.2) is 35.6 Å². The zero-order valence-electron chi connectivity index (χ0n) is 11.8. The Morgan fingerprint density at radius 2 is 2.05 bits per heavy atom. The Morgan fingerprint density at radius 1 is 1.42 bits per heavy atom. The molecule has 19 heavy (non-hydrogen) atoms. The van der Waals surface area contributed by atoms with Gasteiger partial charge in [0, 0.05) is 13.1 Å². The van der Waals surface area contributed by atoms with Crippen molar-refractivity contribution in [3.05, 3.63) is 35.9 Å². The van der Waals surface area contributed by atoms with Crippen molar-refractivity contribution in [1.82, 2.24) is 4.90 Å². The molecule has 0 spiro atoms. The summed E-state index contributed by atoms with van der Waals surface area (Å²) in [5.41, 5.74) is 6.29. The van der Waals surface area contributed by atoms with Gasteiger partial charge in [0.2, 0.25) is 5.91 Å². The van der Waals surface area contributed by atoms with Crippen LogP contribution in [0.5, 0.6) is 0 Å². The zero-order chi connectivity index (χ0) is 14.0. The molecule has 0 aliphatic carbocycles. The maximum Gasteiger partial charge on any atom is 0.239 e. The van der Waals surface area contributed by atoms with Gasteiger partial charge in [-0.1, -0.05) is 30.3 Å². The largest absolute Gasteiger partial charge is 0.370 e. The molecule has 0 saturated carbocycles. The SMILES string of the molecule is C[C@H]1CN([C@H](C(N)=O)c2ccccc2)CC(C)(C)O1. The van der Waals surface area contributed by atoms with Crippen LogP contribution in [0.4, 0.5) is 0 Å². The second-order valence-corrected chi connectivity index (χ2v) is 5.83. The highest BCUT2D eigenvalue weighted by atomic mass is 16.5. The van der Waals surface area contributed by atoms with Gasteiger partial charge in [0.05, 0.1) is 11.7 Å². The van der Waals surface area contributed by atoms with Gasteiger partial charge in [-0.3, -0.25) is 9.69 Å². The first-order chi connectivity index (χ1) is 8.89. The van der Waals surface area contributed by atoms with E-state index in [1.165, 1.54) is 0 Å². The monoisotopic (exact) mass is 262 g/mol. The van der Waals surface area contributed by atoms with Crippen LogP contribution in [0.15, 0.2) is 30.3 Å². The van der Waals surface area contributed by atoms with Gasteiger partial charge in [-0.2, -0.15) is 0 Å². The highest BCUT2D eigenvalue weighted by Gasteiger charge is 2.37. The minimum absolute atomic E-state index is 0.0920. The Balaban J connectivity index is 2.27. The van der Waals surface area contributed by atoms with E-state index >= 15 is 0 Å². The van der Waals surface area contributed by atoms with Crippen molar-refractivity contribution in [3.63, 3.8) is 0 Å². The van der Waals surface area contributed by atoms with Crippen LogP contribution in [0.3, 0.4) is 0 Å². The van der Waals surface area contributed by atoms with Gasteiger partial charge in [-0.25, -0.2) is 0 Å². The minimum Gasteiger partial charge on any atom is -0.370 e. The average Bonchev–Trinajstić information content (AvgIpc) is 2.27. The van der Waals surface area contributed by atoms with Crippen LogP contribution in [0.25, 0.3) is 0 Å². The van der Waals surface area contributed by atoms with Crippen LogP contribution >= 0.6 is 0 Å². The Bertz CT molecular complexity index is 445. The number of nitrogens with zero attached hydrogens (tertiary/aromatic N) is 1. The molecular weight excluding hydrogens is 240 g/mol. The van der Waals surface area contributed by atoms with E-state index in [1.807, 2.05) is 51.1 Å². The normalized spacial score (nSPS) is 24.9. The van der Waals surface area contributed by atoms with E-state index in [4.69, 9.17) is 10.5 Å². The van der Waals surface area contributed by atoms with Crippen LogP contribution in [0.1, 0.15) is 32.4 Å². The number of hydrogen-bond acceptors (Lipinski definition) is 3. The van der Waals surface area contributed by atoms with E-state index in [9.17, 15) is 4.79 Å². The number of hydrogen-bond donors (Lipinski definition) is 1. The quantitative estimate of drug-likeness (QED) is 0.902. The van der Waals surface area contributed by atoms with E-state index in [1.54, 1.807) is 0 Å². The number of rotatable bonds is 3. The maximum absolute atomic E-state index is 11.9. The summed E-state index contributed by atoms with van der Waals surface area (Å²) < 4.78 is 5.88. The molecule has 2 N–H and O–H groups in total. The second-order valence-electron chi connectivity index (χ2n) is 5.83. The summed E-state index contributed by atoms with van der Waals surface area (Å²) >= 11 is 0. The van der Waals surface area contributed by atoms with Crippen LogP contribution in [0, 0.1) is 0 Å². The summed E-state index contributed by atoms with van der Waals surface area (Å²) in [6, 6.07) is 9.31. The lowest BCUT2D eigenvalue weighted by Gasteiger charge is -2.44. The summed E-state index contributed by atoms with van der Waals surface area (Å²) in [4.78, 5) is 14.0. The fourth-order valence-electron chi connectivity index (χ4n) is 2.89. The Kier molecular flexibility index (Phi) is 3.92. The number of carbonyl (C=O) groups is 1. The summed E-state index contributed by atoms with van der Waals surface area (Å²) in [6.07, 6.45) is 0.0920. The van der Waals surface area contributed by atoms with Gasteiger partial charge < -0.3 is 10.5 Å². The van der Waals surface area contributed by atoms with Gasteiger partial charge in [-0.05, 0) is 26.3 Å². The van der Waals surface area contributed by atoms with Crippen molar-refractivity contribution in [3.8, 4) is 0 Å². The van der Waals surface area contributed by atoms with E-state index < -0.39 is 0 Å². The van der Waals surface area contributed by atoms with Crippen molar-refractivity contribution in [2.45, 2.75) is 38.5 Å². The highest BCUT2D eigenvalue weighted by molar-refractivity contribution is 5.81. The molecule has 1 aromatic carbocycles. The Labute approximate surface area is 114 Å². The van der Waals surface area contributed by atoms with Crippen LogP contribution in [-0.2, 0) is 9.53 Å². The van der Waals surface area contributed by atoms with Gasteiger partial charge in [-0.15, -0.1) is 0 Å². The average molecular weight is 262 g/mol. The lowest BCUT2D eigenvalue weighted by Crippen LogP contribution is -2.54. The van der Waals surface area contributed by atoms with Crippen molar-refractivity contribution >= 4 is 5.91 Å². The zero-order valence-corrected chi connectivity index (χ0v) is 11.8. The molecule has 4 nitrogen and oxygen atoms in total. The first kappa shape index (κ1) is 14.0. The number of carbonyl (C=O) groups excluding carboxylic acids is 1. The number of morpholine rings is 1. The molecule has 1 saturated heterocycles. The molecule has 0 radical (unpaired) electrons. The highest BCUT2D eigenvalue weighted by Crippen LogP contribution is 2.28. The van der Waals surface area contributed by atoms with Gasteiger partial charge in [0.1, 0.15) is 6.04 Å². The Morgan fingerprint density at radius 3 is 2.58 bits per heavy atom. The van der Waals surface area contributed by atoms with Gasteiger partial charge in [0.25, 0.3) is 0 Å². The third-order valence-electron chi connectivity index (χ3n) is 3.35. The fraction of sp³-hybridized carbons (Fsp3) is 0.533. The number of amides is 1. The predicted molar refractivity (Wildman–Crippen MR) is 74.6 cm³/mol. The molecule has 1 aliphatic rings. The van der Waals surface area contributed by atoms with E-state index in [2.05, 4.69) is 4.90 Å². The number of ether oxygens (including phenoxy) is 1. The number of nitrogens with two attached hydrogens (primary N) is 1. The van der Waals surface area contributed by atoms with Crippen LogP contribution < -0.4 is 5.73 Å². The number of primary amides is 1. The molecule has 4 heteroatoms. The fourth-order valence-corrected chi connectivity index (χ4v) is 2.89. The second kappa shape index (κ2) is 5.31. The number of benzene rings is 1. The van der Waals surface area contributed by atoms with Crippen molar-refractivity contribution in [2.75, 3.05) is 13.1 Å². The lowest BCUT2D eigenvalue weighted by atomic mass is 9.99. The summed E-state index contributed by atoms with van der Waals surface area (Å²) in [5.74, 6) is -0.309. The molecule has 0 unspecified atom stereocenters. The molecule has 1 heterocycles. The van der Waals surface area contributed by atoms with Crippen molar-refractivity contribution in [2.24, 2.45) is 5.73 Å². The first-order valence-electron chi connectivity index (χ1n) is 6.65. The lowest BCUT2D eigenvalue weighted by molar-refractivity contribution is -0.148. The van der Waals surface area contributed by atoms with Crippen LogP contribution in [0.2, 0.25) is 0 Å². The molecule has 0 aromatic heterocycles. The summed E-state index contributed by atoms with van der Waals surface area (Å²) in [7, 11) is 0. The topological polar surface area (TPSA) is 55.6 Å². The molecule has 1 amide bonds. The van der Waals surface area contributed by atoms with Crippen molar-refractivity contribution in [1.29, 1.82) is 0 Å². The van der Waals surface area contributed by atoms with Gasteiger partial charge in [0.15, 0.2) is 0 Å². The molecule has 2 atom stereocenters. The predicted octanol–water partition coefficient (Wildman–Crippen LogP) is 1.71. The molecule has 0 bridgehead atoms. The third-order valence-corrected chi connectivity index (χ3v) is 3.35. The van der Waals surface area contributed by atoms with E-state index in [0.29, 0.717) is 13.1 Å². The molecular formula is C15H22N2O2. The smallest absolute Gasteiger partial charge is 0.239 e. The molecule has 104 valence electrons. The van der Waals surface area contributed by atoms with E-state index in [0.717, 1.165) is 5.56 Å². The summed E-state index contributed by atoms with van der Waals surface area (Å²) in [6.45, 7) is 7.51. The Hall–Kier alpha value is -1.39. The molecule has 1 fully saturated rings. The minimum atomic E-state index is -0.383. The van der Waals surface area contributed by atoms with Crippen molar-refractivity contribution < 1.29 is 9.53 Å².